The topological polar surface area (TPSA) is 15.3 Å². The van der Waals surface area contributed by atoms with Crippen molar-refractivity contribution in [1.29, 1.82) is 0 Å². The monoisotopic (exact) mass is 344 g/mol. The maximum atomic E-state index is 3.69. The number of nitrogens with one attached hydrogen (secondary N) is 1. The zero-order valence-corrected chi connectivity index (χ0v) is 13.7. The van der Waals surface area contributed by atoms with Gasteiger partial charge in [0.25, 0.3) is 0 Å². The molecule has 0 aromatic heterocycles. The molecule has 1 heterocycles. The molecule has 3 heteroatoms. The van der Waals surface area contributed by atoms with Crippen LogP contribution in [0.4, 0.5) is 5.69 Å². The van der Waals surface area contributed by atoms with Crippen LogP contribution in [0.1, 0.15) is 12.0 Å². The van der Waals surface area contributed by atoms with E-state index < -0.39 is 0 Å². The minimum absolute atomic E-state index is 0.502. The molecule has 1 N–H and O–H groups in total. The molecule has 21 heavy (non-hydrogen) atoms. The Morgan fingerprint density at radius 1 is 1.05 bits per heavy atom. The van der Waals surface area contributed by atoms with Gasteiger partial charge in [0.15, 0.2) is 0 Å². The van der Waals surface area contributed by atoms with E-state index in [1.165, 1.54) is 22.1 Å². The van der Waals surface area contributed by atoms with Gasteiger partial charge < -0.3 is 10.2 Å². The van der Waals surface area contributed by atoms with Gasteiger partial charge in [-0.05, 0) is 53.0 Å². The number of halogens is 1. The summed E-state index contributed by atoms with van der Waals surface area (Å²) >= 11 is 3.68. The summed E-state index contributed by atoms with van der Waals surface area (Å²) in [5.74, 6) is 0. The van der Waals surface area contributed by atoms with Crippen LogP contribution in [0.2, 0.25) is 0 Å². The van der Waals surface area contributed by atoms with Gasteiger partial charge in [-0.3, -0.25) is 0 Å². The average Bonchev–Trinajstić information content (AvgIpc) is 2.74. The first kappa shape index (κ1) is 14.6. The van der Waals surface area contributed by atoms with Crippen molar-refractivity contribution in [3.05, 3.63) is 64.6 Å². The standard InChI is InChI=1S/C18H21BrN2/c19-17-9-4-5-10-18(17)21-12-6-11-20-16(14-21)13-15-7-2-1-3-8-15/h1-5,7-10,16,20H,6,11-14H2. The molecule has 2 aromatic carbocycles. The van der Waals surface area contributed by atoms with Gasteiger partial charge >= 0.3 is 0 Å². The normalized spacial score (nSPS) is 19.3. The number of hydrogen-bond donors (Lipinski definition) is 1. The molecule has 2 aromatic rings. The Bertz CT molecular complexity index is 570. The molecule has 1 aliphatic heterocycles. The molecule has 1 fully saturated rings. The van der Waals surface area contributed by atoms with E-state index in [1.54, 1.807) is 0 Å². The van der Waals surface area contributed by atoms with Gasteiger partial charge in [0.05, 0.1) is 5.69 Å². The van der Waals surface area contributed by atoms with Gasteiger partial charge in [0.2, 0.25) is 0 Å². The van der Waals surface area contributed by atoms with Crippen LogP contribution in [0, 0.1) is 0 Å². The lowest BCUT2D eigenvalue weighted by molar-refractivity contribution is 0.540. The van der Waals surface area contributed by atoms with Crippen LogP contribution in [0.5, 0.6) is 0 Å². The number of rotatable bonds is 3. The molecule has 1 unspecified atom stereocenters. The van der Waals surface area contributed by atoms with E-state index in [2.05, 4.69) is 80.7 Å². The predicted molar refractivity (Wildman–Crippen MR) is 92.9 cm³/mol. The molecule has 2 nitrogen and oxygen atoms in total. The fourth-order valence-corrected chi connectivity index (χ4v) is 3.50. The van der Waals surface area contributed by atoms with Crippen molar-refractivity contribution in [3.8, 4) is 0 Å². The van der Waals surface area contributed by atoms with Gasteiger partial charge in [0.1, 0.15) is 0 Å². The van der Waals surface area contributed by atoms with Gasteiger partial charge in [-0.1, -0.05) is 42.5 Å². The van der Waals surface area contributed by atoms with E-state index in [1.807, 2.05) is 0 Å². The zero-order chi connectivity index (χ0) is 14.5. The Morgan fingerprint density at radius 2 is 1.81 bits per heavy atom. The lowest BCUT2D eigenvalue weighted by Gasteiger charge is -2.27. The molecule has 0 spiro atoms. The van der Waals surface area contributed by atoms with Crippen molar-refractivity contribution >= 4 is 21.6 Å². The Hall–Kier alpha value is -1.32. The number of anilines is 1. The lowest BCUT2D eigenvalue weighted by Crippen LogP contribution is -2.39. The quantitative estimate of drug-likeness (QED) is 0.909. The SMILES string of the molecule is Brc1ccccc1N1CCCNC(Cc2ccccc2)C1. The third-order valence-corrected chi connectivity index (χ3v) is 4.67. The van der Waals surface area contributed by atoms with Gasteiger partial charge in [-0.2, -0.15) is 0 Å². The van der Waals surface area contributed by atoms with E-state index in [0.717, 1.165) is 26.1 Å². The third-order valence-electron chi connectivity index (χ3n) is 4.00. The van der Waals surface area contributed by atoms with Crippen molar-refractivity contribution in [2.24, 2.45) is 0 Å². The third kappa shape index (κ3) is 3.86. The fourth-order valence-electron chi connectivity index (χ4n) is 2.96. The Balaban J connectivity index is 1.73. The molecular formula is C18H21BrN2. The molecule has 1 atom stereocenters. The molecule has 110 valence electrons. The van der Waals surface area contributed by atoms with Crippen LogP contribution < -0.4 is 10.2 Å². The highest BCUT2D eigenvalue weighted by molar-refractivity contribution is 9.10. The van der Waals surface area contributed by atoms with Gasteiger partial charge in [-0.25, -0.2) is 0 Å². The molecule has 0 bridgehead atoms. The van der Waals surface area contributed by atoms with Crippen molar-refractivity contribution in [1.82, 2.24) is 5.32 Å². The second kappa shape index (κ2) is 7.10. The molecular weight excluding hydrogens is 324 g/mol. The van der Waals surface area contributed by atoms with Crippen molar-refractivity contribution in [2.75, 3.05) is 24.5 Å². The zero-order valence-electron chi connectivity index (χ0n) is 12.1. The van der Waals surface area contributed by atoms with Crippen molar-refractivity contribution < 1.29 is 0 Å². The summed E-state index contributed by atoms with van der Waals surface area (Å²) in [6, 6.07) is 19.8. The van der Waals surface area contributed by atoms with Crippen molar-refractivity contribution in [2.45, 2.75) is 18.9 Å². The molecule has 1 saturated heterocycles. The molecule has 1 aliphatic rings. The highest BCUT2D eigenvalue weighted by atomic mass is 79.9. The smallest absolute Gasteiger partial charge is 0.0511 e. The summed E-state index contributed by atoms with van der Waals surface area (Å²) in [5, 5.41) is 3.69. The summed E-state index contributed by atoms with van der Waals surface area (Å²) in [7, 11) is 0. The average molecular weight is 345 g/mol. The highest BCUT2D eigenvalue weighted by Crippen LogP contribution is 2.26. The summed E-state index contributed by atoms with van der Waals surface area (Å²) in [6.07, 6.45) is 2.27. The Morgan fingerprint density at radius 3 is 2.62 bits per heavy atom. The number of hydrogen-bond acceptors (Lipinski definition) is 2. The summed E-state index contributed by atoms with van der Waals surface area (Å²) in [6.45, 7) is 3.26. The molecule has 0 radical (unpaired) electrons. The first-order valence-corrected chi connectivity index (χ1v) is 8.39. The first-order valence-electron chi connectivity index (χ1n) is 7.60. The molecule has 0 saturated carbocycles. The second-order valence-corrected chi connectivity index (χ2v) is 6.45. The number of nitrogens with zero attached hydrogens (tertiary/aromatic N) is 1. The molecule has 0 aliphatic carbocycles. The van der Waals surface area contributed by atoms with Gasteiger partial charge in [-0.15, -0.1) is 0 Å². The van der Waals surface area contributed by atoms with Crippen LogP contribution in [0.3, 0.4) is 0 Å². The van der Waals surface area contributed by atoms with Crippen LogP contribution in [0.25, 0.3) is 0 Å². The largest absolute Gasteiger partial charge is 0.369 e. The Kier molecular flexibility index (Phi) is 4.94. The number of para-hydroxylation sites is 1. The van der Waals surface area contributed by atoms with Crippen LogP contribution >= 0.6 is 15.9 Å². The van der Waals surface area contributed by atoms with Crippen molar-refractivity contribution in [3.63, 3.8) is 0 Å². The van der Waals surface area contributed by atoms with E-state index in [9.17, 15) is 0 Å². The fraction of sp³-hybridized carbons (Fsp3) is 0.333. The van der Waals surface area contributed by atoms with Crippen LogP contribution in [-0.2, 0) is 6.42 Å². The highest BCUT2D eigenvalue weighted by Gasteiger charge is 2.19. The molecule has 3 rings (SSSR count). The Labute approximate surface area is 135 Å². The summed E-state index contributed by atoms with van der Waals surface area (Å²) in [4.78, 5) is 2.50. The summed E-state index contributed by atoms with van der Waals surface area (Å²) in [5.41, 5.74) is 2.71. The minimum Gasteiger partial charge on any atom is -0.369 e. The molecule has 0 amide bonds. The minimum atomic E-state index is 0.502. The van der Waals surface area contributed by atoms with E-state index in [4.69, 9.17) is 0 Å². The van der Waals surface area contributed by atoms with Crippen LogP contribution in [0.15, 0.2) is 59.1 Å². The first-order chi connectivity index (χ1) is 10.3. The maximum Gasteiger partial charge on any atom is 0.0511 e. The second-order valence-electron chi connectivity index (χ2n) is 5.59. The lowest BCUT2D eigenvalue weighted by atomic mass is 10.1. The van der Waals surface area contributed by atoms with E-state index in [-0.39, 0.29) is 0 Å². The van der Waals surface area contributed by atoms with Crippen LogP contribution in [-0.4, -0.2) is 25.7 Å². The maximum absolute atomic E-state index is 3.69. The van der Waals surface area contributed by atoms with E-state index >= 15 is 0 Å². The summed E-state index contributed by atoms with van der Waals surface area (Å²) < 4.78 is 1.19. The van der Waals surface area contributed by atoms with Gasteiger partial charge in [0, 0.05) is 23.6 Å². The van der Waals surface area contributed by atoms with E-state index in [0.29, 0.717) is 6.04 Å². The number of benzene rings is 2. The predicted octanol–water partition coefficient (Wildman–Crippen LogP) is 3.86.